The summed E-state index contributed by atoms with van der Waals surface area (Å²) in [6, 6.07) is 7.85. The molecule has 100 valence electrons. The first kappa shape index (κ1) is 12.2. The van der Waals surface area contributed by atoms with E-state index in [4.69, 9.17) is 4.74 Å². The molecule has 0 saturated carbocycles. The molecule has 0 amide bonds. The summed E-state index contributed by atoms with van der Waals surface area (Å²) in [5, 5.41) is 12.7. The smallest absolute Gasteiger partial charge is 0.140 e. The van der Waals surface area contributed by atoms with Gasteiger partial charge in [-0.2, -0.15) is 0 Å². The van der Waals surface area contributed by atoms with Gasteiger partial charge >= 0.3 is 0 Å². The Morgan fingerprint density at radius 1 is 1.47 bits per heavy atom. The summed E-state index contributed by atoms with van der Waals surface area (Å²) >= 11 is 0. The van der Waals surface area contributed by atoms with E-state index < -0.39 is 0 Å². The summed E-state index contributed by atoms with van der Waals surface area (Å²) in [4.78, 5) is 4.57. The number of rotatable bonds is 3. The van der Waals surface area contributed by atoms with Crippen LogP contribution in [0.15, 0.2) is 24.3 Å². The Kier molecular flexibility index (Phi) is 3.23. The van der Waals surface area contributed by atoms with Gasteiger partial charge in [0.2, 0.25) is 0 Å². The number of aromatic nitrogens is 2. The summed E-state index contributed by atoms with van der Waals surface area (Å²) in [6.07, 6.45) is 0. The summed E-state index contributed by atoms with van der Waals surface area (Å²) < 4.78 is 7.43. The highest BCUT2D eigenvalue weighted by Gasteiger charge is 2.20. The van der Waals surface area contributed by atoms with Crippen LogP contribution in [-0.2, 0) is 19.7 Å². The van der Waals surface area contributed by atoms with Crippen LogP contribution < -0.4 is 10.1 Å². The lowest BCUT2D eigenvalue weighted by Gasteiger charge is -2.18. The van der Waals surface area contributed by atoms with Crippen molar-refractivity contribution >= 4 is 0 Å². The third-order valence-corrected chi connectivity index (χ3v) is 3.44. The van der Waals surface area contributed by atoms with Gasteiger partial charge in [-0.25, -0.2) is 4.98 Å². The van der Waals surface area contributed by atoms with Crippen molar-refractivity contribution in [2.75, 3.05) is 13.7 Å². The van der Waals surface area contributed by atoms with Crippen molar-refractivity contribution in [2.45, 2.75) is 19.7 Å². The molecule has 0 saturated heterocycles. The molecule has 19 heavy (non-hydrogen) atoms. The molecule has 0 atom stereocenters. The number of imidazole rings is 1. The standard InChI is InChI=1S/C14H17N3O2/c1-19-11-4-2-3-10(7-11)14-16-12(9-18)13-8-15-5-6-17(13)14/h2-4,7,15,18H,5-6,8-9H2,1H3. The van der Waals surface area contributed by atoms with Gasteiger partial charge in [0, 0.05) is 25.2 Å². The number of fused-ring (bicyclic) bond motifs is 1. The Morgan fingerprint density at radius 2 is 2.37 bits per heavy atom. The van der Waals surface area contributed by atoms with Gasteiger partial charge in [-0.15, -0.1) is 0 Å². The number of aliphatic hydroxyl groups is 1. The average Bonchev–Trinajstić information content (AvgIpc) is 2.86. The maximum atomic E-state index is 9.43. The number of hydrogen-bond acceptors (Lipinski definition) is 4. The quantitative estimate of drug-likeness (QED) is 0.868. The molecule has 0 radical (unpaired) electrons. The minimum Gasteiger partial charge on any atom is -0.497 e. The Hall–Kier alpha value is -1.85. The maximum absolute atomic E-state index is 9.43. The molecule has 1 aromatic carbocycles. The Morgan fingerprint density at radius 3 is 3.16 bits per heavy atom. The molecule has 2 aromatic rings. The molecule has 2 heterocycles. The first-order chi connectivity index (χ1) is 9.33. The lowest BCUT2D eigenvalue weighted by atomic mass is 10.2. The van der Waals surface area contributed by atoms with Crippen LogP contribution >= 0.6 is 0 Å². The summed E-state index contributed by atoms with van der Waals surface area (Å²) in [7, 11) is 1.66. The molecule has 0 unspecified atom stereocenters. The highest BCUT2D eigenvalue weighted by Crippen LogP contribution is 2.26. The molecule has 5 nitrogen and oxygen atoms in total. The third-order valence-electron chi connectivity index (χ3n) is 3.44. The molecule has 1 aliphatic rings. The van der Waals surface area contributed by atoms with Crippen molar-refractivity contribution in [3.8, 4) is 17.1 Å². The minimum absolute atomic E-state index is 0.0268. The summed E-state index contributed by atoms with van der Waals surface area (Å²) in [5.74, 6) is 1.72. The van der Waals surface area contributed by atoms with Gasteiger partial charge < -0.3 is 19.7 Å². The number of benzene rings is 1. The van der Waals surface area contributed by atoms with Crippen LogP contribution in [0.25, 0.3) is 11.4 Å². The number of ether oxygens (including phenoxy) is 1. The van der Waals surface area contributed by atoms with E-state index in [0.717, 1.165) is 48.2 Å². The molecule has 2 N–H and O–H groups in total. The fraction of sp³-hybridized carbons (Fsp3) is 0.357. The van der Waals surface area contributed by atoms with Gasteiger partial charge in [-0.1, -0.05) is 12.1 Å². The van der Waals surface area contributed by atoms with Gasteiger partial charge in [0.25, 0.3) is 0 Å². The number of nitrogens with zero attached hydrogens (tertiary/aromatic N) is 2. The second-order valence-corrected chi connectivity index (χ2v) is 4.55. The molecule has 1 aromatic heterocycles. The predicted octanol–water partition coefficient (Wildman–Crippen LogP) is 1.15. The van der Waals surface area contributed by atoms with E-state index in [1.165, 1.54) is 0 Å². The van der Waals surface area contributed by atoms with Crippen LogP contribution in [-0.4, -0.2) is 28.3 Å². The van der Waals surface area contributed by atoms with Crippen LogP contribution in [0, 0.1) is 0 Å². The zero-order valence-corrected chi connectivity index (χ0v) is 10.9. The van der Waals surface area contributed by atoms with E-state index in [1.807, 2.05) is 24.3 Å². The normalized spacial score (nSPS) is 14.2. The SMILES string of the molecule is COc1cccc(-c2nc(CO)c3n2CCNC3)c1. The first-order valence-corrected chi connectivity index (χ1v) is 6.37. The van der Waals surface area contributed by atoms with E-state index in [2.05, 4.69) is 14.9 Å². The second-order valence-electron chi connectivity index (χ2n) is 4.55. The maximum Gasteiger partial charge on any atom is 0.140 e. The van der Waals surface area contributed by atoms with E-state index in [1.54, 1.807) is 7.11 Å². The molecule has 1 aliphatic heterocycles. The number of nitrogens with one attached hydrogen (secondary N) is 1. The topological polar surface area (TPSA) is 59.3 Å². The average molecular weight is 259 g/mol. The minimum atomic E-state index is -0.0268. The highest BCUT2D eigenvalue weighted by atomic mass is 16.5. The lowest BCUT2D eigenvalue weighted by Crippen LogP contribution is -2.28. The fourth-order valence-corrected chi connectivity index (χ4v) is 2.48. The van der Waals surface area contributed by atoms with Gasteiger partial charge in [-0.05, 0) is 12.1 Å². The predicted molar refractivity (Wildman–Crippen MR) is 71.8 cm³/mol. The van der Waals surface area contributed by atoms with Crippen molar-refractivity contribution in [1.29, 1.82) is 0 Å². The third kappa shape index (κ3) is 2.11. The summed E-state index contributed by atoms with van der Waals surface area (Å²) in [6.45, 7) is 2.52. The van der Waals surface area contributed by atoms with Crippen LogP contribution in [0.2, 0.25) is 0 Å². The Bertz CT molecular complexity index is 592. The van der Waals surface area contributed by atoms with Crippen LogP contribution in [0.3, 0.4) is 0 Å². The highest BCUT2D eigenvalue weighted by molar-refractivity contribution is 5.59. The fourth-order valence-electron chi connectivity index (χ4n) is 2.48. The number of aliphatic hydroxyl groups excluding tert-OH is 1. The monoisotopic (exact) mass is 259 g/mol. The van der Waals surface area contributed by atoms with Crippen molar-refractivity contribution < 1.29 is 9.84 Å². The largest absolute Gasteiger partial charge is 0.497 e. The van der Waals surface area contributed by atoms with E-state index in [0.29, 0.717) is 0 Å². The van der Waals surface area contributed by atoms with Crippen molar-refractivity contribution in [3.63, 3.8) is 0 Å². The van der Waals surface area contributed by atoms with Crippen molar-refractivity contribution in [1.82, 2.24) is 14.9 Å². The molecule has 3 rings (SSSR count). The lowest BCUT2D eigenvalue weighted by molar-refractivity contribution is 0.275. The molecule has 0 fully saturated rings. The Balaban J connectivity index is 2.11. The number of methoxy groups -OCH3 is 1. The van der Waals surface area contributed by atoms with E-state index in [-0.39, 0.29) is 6.61 Å². The van der Waals surface area contributed by atoms with Crippen molar-refractivity contribution in [3.05, 3.63) is 35.7 Å². The van der Waals surface area contributed by atoms with Crippen molar-refractivity contribution in [2.24, 2.45) is 0 Å². The zero-order valence-electron chi connectivity index (χ0n) is 10.9. The first-order valence-electron chi connectivity index (χ1n) is 6.37. The molecule has 5 heteroatoms. The second kappa shape index (κ2) is 5.03. The molecule has 0 spiro atoms. The molecule has 0 aliphatic carbocycles. The van der Waals surface area contributed by atoms with Gasteiger partial charge in [0.05, 0.1) is 25.1 Å². The van der Waals surface area contributed by atoms with Crippen LogP contribution in [0.1, 0.15) is 11.4 Å². The van der Waals surface area contributed by atoms with E-state index >= 15 is 0 Å². The van der Waals surface area contributed by atoms with Gasteiger partial charge in [0.1, 0.15) is 11.6 Å². The Labute approximate surface area is 111 Å². The van der Waals surface area contributed by atoms with Gasteiger partial charge in [0.15, 0.2) is 0 Å². The van der Waals surface area contributed by atoms with Crippen LogP contribution in [0.5, 0.6) is 5.75 Å². The molecular weight excluding hydrogens is 242 g/mol. The van der Waals surface area contributed by atoms with Crippen LogP contribution in [0.4, 0.5) is 0 Å². The summed E-state index contributed by atoms with van der Waals surface area (Å²) in [5.41, 5.74) is 2.85. The van der Waals surface area contributed by atoms with E-state index in [9.17, 15) is 5.11 Å². The van der Waals surface area contributed by atoms with Gasteiger partial charge in [-0.3, -0.25) is 0 Å². The zero-order chi connectivity index (χ0) is 13.2. The molecule has 0 bridgehead atoms. The molecular formula is C14H17N3O2. The number of hydrogen-bond donors (Lipinski definition) is 2.